The molecule has 0 aromatic heterocycles. The second-order valence-corrected chi connectivity index (χ2v) is 3.67. The van der Waals surface area contributed by atoms with Gasteiger partial charge in [-0.15, -0.1) is 0 Å². The van der Waals surface area contributed by atoms with Crippen LogP contribution in [0, 0.1) is 5.92 Å². The number of nitrogens with zero attached hydrogens (tertiary/aromatic N) is 1. The van der Waals surface area contributed by atoms with Gasteiger partial charge in [-0.05, 0) is 12.1 Å². The van der Waals surface area contributed by atoms with Gasteiger partial charge in [0.2, 0.25) is 5.90 Å². The summed E-state index contributed by atoms with van der Waals surface area (Å²) in [4.78, 5) is 15.0. The van der Waals surface area contributed by atoms with Crippen molar-refractivity contribution in [2.45, 2.75) is 13.0 Å². The van der Waals surface area contributed by atoms with Gasteiger partial charge >= 0.3 is 0 Å². The van der Waals surface area contributed by atoms with E-state index in [1.165, 1.54) is 0 Å². The van der Waals surface area contributed by atoms with Gasteiger partial charge in [0, 0.05) is 11.5 Å². The van der Waals surface area contributed by atoms with Crippen molar-refractivity contribution in [1.29, 1.82) is 0 Å². The molecule has 1 aromatic rings. The molecule has 0 radical (unpaired) electrons. The molecule has 0 saturated heterocycles. The molecule has 0 spiro atoms. The van der Waals surface area contributed by atoms with Gasteiger partial charge < -0.3 is 9.53 Å². The van der Waals surface area contributed by atoms with E-state index in [0.29, 0.717) is 12.5 Å². The van der Waals surface area contributed by atoms with E-state index >= 15 is 0 Å². The van der Waals surface area contributed by atoms with Crippen molar-refractivity contribution in [1.82, 2.24) is 0 Å². The van der Waals surface area contributed by atoms with E-state index in [2.05, 4.69) is 4.99 Å². The molecule has 3 heteroatoms. The highest BCUT2D eigenvalue weighted by molar-refractivity contribution is 5.95. The van der Waals surface area contributed by atoms with Gasteiger partial charge in [0.15, 0.2) is 0 Å². The van der Waals surface area contributed by atoms with Gasteiger partial charge in [0.25, 0.3) is 0 Å². The number of carbonyl (C=O) groups is 1. The maximum absolute atomic E-state index is 10.6. The summed E-state index contributed by atoms with van der Waals surface area (Å²) in [5.74, 6) is 0.570. The fraction of sp³-hybridized carbons (Fsp3) is 0.333. The van der Waals surface area contributed by atoms with Gasteiger partial charge in [-0.2, -0.15) is 0 Å². The number of ether oxygens (including phenoxy) is 1. The second-order valence-electron chi connectivity index (χ2n) is 3.67. The molecule has 0 amide bonds. The first-order chi connectivity index (χ1) is 7.31. The molecule has 0 N–H and O–H groups in total. The van der Waals surface area contributed by atoms with E-state index in [1.807, 2.05) is 37.3 Å². The van der Waals surface area contributed by atoms with Crippen molar-refractivity contribution < 1.29 is 9.53 Å². The lowest BCUT2D eigenvalue weighted by molar-refractivity contribution is -0.111. The number of rotatable bonds is 3. The van der Waals surface area contributed by atoms with Crippen molar-refractivity contribution >= 4 is 12.2 Å². The summed E-state index contributed by atoms with van der Waals surface area (Å²) in [6.45, 7) is 2.36. The fourth-order valence-electron chi connectivity index (χ4n) is 1.49. The van der Waals surface area contributed by atoms with Crippen molar-refractivity contribution in [3.8, 4) is 0 Å². The Morgan fingerprint density at radius 3 is 2.87 bits per heavy atom. The lowest BCUT2D eigenvalue weighted by Crippen LogP contribution is -2.17. The molecule has 0 saturated carbocycles. The topological polar surface area (TPSA) is 38.7 Å². The number of aldehydes is 1. The van der Waals surface area contributed by atoms with Crippen LogP contribution in [0.3, 0.4) is 0 Å². The summed E-state index contributed by atoms with van der Waals surface area (Å²) in [6, 6.07) is 9.71. The Balaban J connectivity index is 2.16. The van der Waals surface area contributed by atoms with E-state index in [1.54, 1.807) is 0 Å². The monoisotopic (exact) mass is 203 g/mol. The van der Waals surface area contributed by atoms with E-state index in [-0.39, 0.29) is 12.0 Å². The molecule has 0 bridgehead atoms. The summed E-state index contributed by atoms with van der Waals surface area (Å²) in [5.41, 5.74) is 0.970. The first kappa shape index (κ1) is 9.90. The van der Waals surface area contributed by atoms with Crippen LogP contribution in [0.1, 0.15) is 12.5 Å². The van der Waals surface area contributed by atoms with E-state index < -0.39 is 0 Å². The fourth-order valence-corrected chi connectivity index (χ4v) is 1.49. The Bertz CT molecular complexity index is 372. The smallest absolute Gasteiger partial charge is 0.216 e. The van der Waals surface area contributed by atoms with E-state index in [9.17, 15) is 4.79 Å². The molecule has 15 heavy (non-hydrogen) atoms. The molecule has 0 aliphatic carbocycles. The zero-order valence-electron chi connectivity index (χ0n) is 8.59. The van der Waals surface area contributed by atoms with Crippen molar-refractivity contribution in [3.05, 3.63) is 35.9 Å². The third-order valence-electron chi connectivity index (χ3n) is 2.52. The Hall–Kier alpha value is -1.64. The SMILES string of the molecule is C[C@H](C=O)[C@H]1COC(c2ccccc2)=N1. The van der Waals surface area contributed by atoms with Crippen LogP contribution in [0.2, 0.25) is 0 Å². The normalized spacial score (nSPS) is 21.7. The van der Waals surface area contributed by atoms with E-state index in [4.69, 9.17) is 4.74 Å². The minimum Gasteiger partial charge on any atom is -0.475 e. The van der Waals surface area contributed by atoms with Crippen LogP contribution in [0.15, 0.2) is 35.3 Å². The molecule has 2 rings (SSSR count). The lowest BCUT2D eigenvalue weighted by atomic mass is 10.1. The zero-order chi connectivity index (χ0) is 10.7. The quantitative estimate of drug-likeness (QED) is 0.701. The third kappa shape index (κ3) is 2.06. The van der Waals surface area contributed by atoms with Crippen LogP contribution in [-0.2, 0) is 9.53 Å². The van der Waals surface area contributed by atoms with Crippen LogP contribution in [0.5, 0.6) is 0 Å². The molecule has 0 fully saturated rings. The Kier molecular flexibility index (Phi) is 2.81. The van der Waals surface area contributed by atoms with Gasteiger partial charge in [-0.3, -0.25) is 0 Å². The van der Waals surface area contributed by atoms with Crippen LogP contribution >= 0.6 is 0 Å². The third-order valence-corrected chi connectivity index (χ3v) is 2.52. The van der Waals surface area contributed by atoms with Crippen molar-refractivity contribution in [2.75, 3.05) is 6.61 Å². The molecular weight excluding hydrogens is 190 g/mol. The predicted molar refractivity (Wildman–Crippen MR) is 57.9 cm³/mol. The molecule has 1 aliphatic rings. The highest BCUT2D eigenvalue weighted by Crippen LogP contribution is 2.16. The highest BCUT2D eigenvalue weighted by Gasteiger charge is 2.24. The molecule has 3 nitrogen and oxygen atoms in total. The molecule has 1 aliphatic heterocycles. The molecular formula is C12H13NO2. The van der Waals surface area contributed by atoms with Crippen LogP contribution < -0.4 is 0 Å². The minimum atomic E-state index is -0.0776. The van der Waals surface area contributed by atoms with Gasteiger partial charge in [-0.1, -0.05) is 25.1 Å². The summed E-state index contributed by atoms with van der Waals surface area (Å²) in [6.07, 6.45) is 0.922. The number of benzene rings is 1. The Morgan fingerprint density at radius 1 is 1.47 bits per heavy atom. The molecule has 0 unspecified atom stereocenters. The van der Waals surface area contributed by atoms with E-state index in [0.717, 1.165) is 11.8 Å². The Labute approximate surface area is 88.8 Å². The predicted octanol–water partition coefficient (Wildman–Crippen LogP) is 1.67. The lowest BCUT2D eigenvalue weighted by Gasteiger charge is -2.05. The van der Waals surface area contributed by atoms with Crippen LogP contribution in [0.25, 0.3) is 0 Å². The van der Waals surface area contributed by atoms with Crippen LogP contribution in [-0.4, -0.2) is 24.8 Å². The Morgan fingerprint density at radius 2 is 2.20 bits per heavy atom. The first-order valence-electron chi connectivity index (χ1n) is 5.02. The maximum atomic E-state index is 10.6. The minimum absolute atomic E-state index is 0.0299. The largest absolute Gasteiger partial charge is 0.475 e. The van der Waals surface area contributed by atoms with Crippen LogP contribution in [0.4, 0.5) is 0 Å². The summed E-state index contributed by atoms with van der Waals surface area (Å²) >= 11 is 0. The zero-order valence-corrected chi connectivity index (χ0v) is 8.59. The number of carbonyl (C=O) groups excluding carboxylic acids is 1. The second kappa shape index (κ2) is 4.26. The van der Waals surface area contributed by atoms with Crippen molar-refractivity contribution in [3.63, 3.8) is 0 Å². The summed E-state index contributed by atoms with van der Waals surface area (Å²) in [5, 5.41) is 0. The molecule has 1 aromatic carbocycles. The first-order valence-corrected chi connectivity index (χ1v) is 5.02. The van der Waals surface area contributed by atoms with Gasteiger partial charge in [-0.25, -0.2) is 4.99 Å². The number of hydrogen-bond acceptors (Lipinski definition) is 3. The summed E-state index contributed by atoms with van der Waals surface area (Å²) in [7, 11) is 0. The average Bonchev–Trinajstić information content (AvgIpc) is 2.78. The molecule has 1 heterocycles. The van der Waals surface area contributed by atoms with Gasteiger partial charge in [0.05, 0.1) is 6.04 Å². The molecule has 2 atom stereocenters. The summed E-state index contributed by atoms with van der Waals surface area (Å²) < 4.78 is 5.47. The standard InChI is InChI=1S/C12H13NO2/c1-9(7-14)11-8-15-12(13-11)10-5-3-2-4-6-10/h2-7,9,11H,8H2,1H3/t9-,11-/m1/s1. The maximum Gasteiger partial charge on any atom is 0.216 e. The average molecular weight is 203 g/mol. The van der Waals surface area contributed by atoms with Gasteiger partial charge in [0.1, 0.15) is 12.9 Å². The molecule has 78 valence electrons. The highest BCUT2D eigenvalue weighted by atomic mass is 16.5. The number of aliphatic imine (C=N–C) groups is 1. The van der Waals surface area contributed by atoms with Crippen molar-refractivity contribution in [2.24, 2.45) is 10.9 Å². The number of hydrogen-bond donors (Lipinski definition) is 0.